The quantitative estimate of drug-likeness (QED) is 0.851. The SMILES string of the molecule is CNC(=O)CC(C)c1ccc2c(c1)CCCC2. The monoisotopic (exact) mass is 231 g/mol. The molecule has 1 N–H and O–H groups in total. The number of benzene rings is 1. The lowest BCUT2D eigenvalue weighted by Gasteiger charge is -2.19. The van der Waals surface area contributed by atoms with E-state index in [-0.39, 0.29) is 5.91 Å². The molecule has 1 unspecified atom stereocenters. The van der Waals surface area contributed by atoms with Gasteiger partial charge >= 0.3 is 0 Å². The zero-order valence-electron chi connectivity index (χ0n) is 10.8. The van der Waals surface area contributed by atoms with Crippen LogP contribution >= 0.6 is 0 Å². The predicted octanol–water partition coefficient (Wildman–Crippen LogP) is 2.81. The number of fused-ring (bicyclic) bond motifs is 1. The first-order chi connectivity index (χ1) is 8.20. The first kappa shape index (κ1) is 12.2. The Morgan fingerprint density at radius 2 is 2.00 bits per heavy atom. The van der Waals surface area contributed by atoms with Crippen molar-refractivity contribution >= 4 is 5.91 Å². The van der Waals surface area contributed by atoms with Crippen molar-refractivity contribution in [2.75, 3.05) is 7.05 Å². The summed E-state index contributed by atoms with van der Waals surface area (Å²) >= 11 is 0. The third kappa shape index (κ3) is 2.87. The summed E-state index contributed by atoms with van der Waals surface area (Å²) in [7, 11) is 1.70. The van der Waals surface area contributed by atoms with E-state index in [0.29, 0.717) is 12.3 Å². The lowest BCUT2D eigenvalue weighted by molar-refractivity contribution is -0.120. The van der Waals surface area contributed by atoms with E-state index in [1.807, 2.05) is 0 Å². The molecule has 0 bridgehead atoms. The van der Waals surface area contributed by atoms with Crippen LogP contribution < -0.4 is 5.32 Å². The minimum absolute atomic E-state index is 0.121. The van der Waals surface area contributed by atoms with Crippen LogP contribution in [-0.4, -0.2) is 13.0 Å². The largest absolute Gasteiger partial charge is 0.359 e. The number of nitrogens with one attached hydrogen (secondary N) is 1. The molecular weight excluding hydrogens is 210 g/mol. The minimum Gasteiger partial charge on any atom is -0.359 e. The highest BCUT2D eigenvalue weighted by molar-refractivity contribution is 5.76. The van der Waals surface area contributed by atoms with Gasteiger partial charge in [0.05, 0.1) is 0 Å². The molecule has 0 fully saturated rings. The van der Waals surface area contributed by atoms with Crippen LogP contribution in [0, 0.1) is 0 Å². The summed E-state index contributed by atoms with van der Waals surface area (Å²) in [5.41, 5.74) is 4.30. The molecule has 0 aliphatic heterocycles. The minimum atomic E-state index is 0.121. The van der Waals surface area contributed by atoms with Gasteiger partial charge in [-0.3, -0.25) is 4.79 Å². The van der Waals surface area contributed by atoms with Gasteiger partial charge in [0.2, 0.25) is 5.91 Å². The molecule has 92 valence electrons. The first-order valence-corrected chi connectivity index (χ1v) is 6.53. The molecule has 0 heterocycles. The summed E-state index contributed by atoms with van der Waals surface area (Å²) in [4.78, 5) is 11.4. The standard InChI is InChI=1S/C15H21NO/c1-11(9-15(17)16-2)13-8-7-12-5-3-4-6-14(12)10-13/h7-8,10-11H,3-6,9H2,1-2H3,(H,16,17). The average molecular weight is 231 g/mol. The molecule has 2 heteroatoms. The van der Waals surface area contributed by atoms with Gasteiger partial charge < -0.3 is 5.32 Å². The molecular formula is C15H21NO. The Morgan fingerprint density at radius 3 is 2.71 bits per heavy atom. The molecule has 17 heavy (non-hydrogen) atoms. The second-order valence-corrected chi connectivity index (χ2v) is 5.01. The second-order valence-electron chi connectivity index (χ2n) is 5.01. The van der Waals surface area contributed by atoms with Crippen LogP contribution in [0.25, 0.3) is 0 Å². The number of rotatable bonds is 3. The fourth-order valence-corrected chi connectivity index (χ4v) is 2.56. The third-order valence-electron chi connectivity index (χ3n) is 3.71. The van der Waals surface area contributed by atoms with Gasteiger partial charge in [-0.15, -0.1) is 0 Å². The Kier molecular flexibility index (Phi) is 3.82. The van der Waals surface area contributed by atoms with Gasteiger partial charge in [-0.25, -0.2) is 0 Å². The topological polar surface area (TPSA) is 29.1 Å². The molecule has 0 aromatic heterocycles. The van der Waals surface area contributed by atoms with Crippen molar-refractivity contribution in [2.24, 2.45) is 0 Å². The normalized spacial score (nSPS) is 16.1. The predicted molar refractivity (Wildman–Crippen MR) is 70.2 cm³/mol. The maximum atomic E-state index is 11.4. The van der Waals surface area contributed by atoms with Crippen LogP contribution in [0.1, 0.15) is 48.8 Å². The van der Waals surface area contributed by atoms with Crippen LogP contribution in [0.15, 0.2) is 18.2 Å². The van der Waals surface area contributed by atoms with Crippen molar-refractivity contribution in [3.63, 3.8) is 0 Å². The highest BCUT2D eigenvalue weighted by Gasteiger charge is 2.14. The summed E-state index contributed by atoms with van der Waals surface area (Å²) in [6.45, 7) is 2.12. The maximum absolute atomic E-state index is 11.4. The van der Waals surface area contributed by atoms with Crippen LogP contribution in [-0.2, 0) is 17.6 Å². The van der Waals surface area contributed by atoms with Crippen molar-refractivity contribution < 1.29 is 4.79 Å². The molecule has 2 nitrogen and oxygen atoms in total. The zero-order chi connectivity index (χ0) is 12.3. The number of hydrogen-bond acceptors (Lipinski definition) is 1. The summed E-state index contributed by atoms with van der Waals surface area (Å²) in [5.74, 6) is 0.428. The lowest BCUT2D eigenvalue weighted by Crippen LogP contribution is -2.19. The van der Waals surface area contributed by atoms with E-state index in [4.69, 9.17) is 0 Å². The van der Waals surface area contributed by atoms with E-state index in [0.717, 1.165) is 0 Å². The summed E-state index contributed by atoms with van der Waals surface area (Å²) in [5, 5.41) is 2.69. The Morgan fingerprint density at radius 1 is 1.29 bits per heavy atom. The number of amides is 1. The fourth-order valence-electron chi connectivity index (χ4n) is 2.56. The molecule has 0 radical (unpaired) electrons. The number of carbonyl (C=O) groups excluding carboxylic acids is 1. The lowest BCUT2D eigenvalue weighted by atomic mass is 9.87. The first-order valence-electron chi connectivity index (χ1n) is 6.53. The summed E-state index contributed by atoms with van der Waals surface area (Å²) in [6, 6.07) is 6.75. The van der Waals surface area contributed by atoms with Crippen molar-refractivity contribution in [1.29, 1.82) is 0 Å². The maximum Gasteiger partial charge on any atom is 0.220 e. The zero-order valence-corrected chi connectivity index (χ0v) is 10.8. The van der Waals surface area contributed by atoms with Crippen molar-refractivity contribution in [3.8, 4) is 0 Å². The number of hydrogen-bond donors (Lipinski definition) is 1. The molecule has 1 aliphatic carbocycles. The van der Waals surface area contributed by atoms with Crippen LogP contribution in [0.4, 0.5) is 0 Å². The van der Waals surface area contributed by atoms with Crippen LogP contribution in [0.3, 0.4) is 0 Å². The van der Waals surface area contributed by atoms with Gasteiger partial charge in [0.25, 0.3) is 0 Å². The van der Waals surface area contributed by atoms with Crippen LogP contribution in [0.5, 0.6) is 0 Å². The molecule has 1 aromatic carbocycles. The van der Waals surface area contributed by atoms with Crippen LogP contribution in [0.2, 0.25) is 0 Å². The van der Waals surface area contributed by atoms with Gasteiger partial charge in [-0.05, 0) is 48.3 Å². The van der Waals surface area contributed by atoms with E-state index in [2.05, 4.69) is 30.4 Å². The Balaban J connectivity index is 2.13. The van der Waals surface area contributed by atoms with E-state index in [1.54, 1.807) is 7.05 Å². The molecule has 1 atom stereocenters. The Labute approximate surface area is 103 Å². The third-order valence-corrected chi connectivity index (χ3v) is 3.71. The molecule has 1 aromatic rings. The van der Waals surface area contributed by atoms with Gasteiger partial charge in [-0.1, -0.05) is 25.1 Å². The van der Waals surface area contributed by atoms with Crippen molar-refractivity contribution in [3.05, 3.63) is 34.9 Å². The molecule has 1 amide bonds. The van der Waals surface area contributed by atoms with Gasteiger partial charge in [0, 0.05) is 13.5 Å². The van der Waals surface area contributed by atoms with Crippen molar-refractivity contribution in [1.82, 2.24) is 5.32 Å². The molecule has 1 aliphatic rings. The molecule has 0 saturated heterocycles. The number of carbonyl (C=O) groups is 1. The van der Waals surface area contributed by atoms with Crippen molar-refractivity contribution in [2.45, 2.75) is 44.9 Å². The molecule has 2 rings (SSSR count). The summed E-state index contributed by atoms with van der Waals surface area (Å²) in [6.07, 6.45) is 5.63. The van der Waals surface area contributed by atoms with Gasteiger partial charge in [-0.2, -0.15) is 0 Å². The van der Waals surface area contributed by atoms with E-state index in [9.17, 15) is 4.79 Å². The second kappa shape index (κ2) is 5.35. The summed E-state index contributed by atoms with van der Waals surface area (Å²) < 4.78 is 0. The Hall–Kier alpha value is -1.31. The van der Waals surface area contributed by atoms with Gasteiger partial charge in [0.15, 0.2) is 0 Å². The van der Waals surface area contributed by atoms with E-state index >= 15 is 0 Å². The Bertz CT molecular complexity index is 411. The number of aryl methyl sites for hydroxylation is 2. The fraction of sp³-hybridized carbons (Fsp3) is 0.533. The smallest absolute Gasteiger partial charge is 0.220 e. The molecule has 0 spiro atoms. The molecule has 0 saturated carbocycles. The van der Waals surface area contributed by atoms with Gasteiger partial charge in [0.1, 0.15) is 0 Å². The van der Waals surface area contributed by atoms with E-state index in [1.165, 1.54) is 42.4 Å². The highest BCUT2D eigenvalue weighted by Crippen LogP contribution is 2.26. The highest BCUT2D eigenvalue weighted by atomic mass is 16.1. The average Bonchev–Trinajstić information content (AvgIpc) is 2.38. The van der Waals surface area contributed by atoms with E-state index < -0.39 is 0 Å².